The van der Waals surface area contributed by atoms with Gasteiger partial charge in [-0.2, -0.15) is 0 Å². The van der Waals surface area contributed by atoms with Gasteiger partial charge in [0.2, 0.25) is 0 Å². The Morgan fingerprint density at radius 2 is 2.25 bits per heavy atom. The number of hydrogen-bond donors (Lipinski definition) is 2. The third-order valence-electron chi connectivity index (χ3n) is 2.60. The van der Waals surface area contributed by atoms with Crippen LogP contribution in [-0.2, 0) is 0 Å². The lowest BCUT2D eigenvalue weighted by Gasteiger charge is -2.06. The summed E-state index contributed by atoms with van der Waals surface area (Å²) < 4.78 is 0. The van der Waals surface area contributed by atoms with E-state index in [1.807, 2.05) is 24.3 Å². The van der Waals surface area contributed by atoms with E-state index in [0.29, 0.717) is 12.1 Å². The van der Waals surface area contributed by atoms with Crippen LogP contribution < -0.4 is 0 Å². The first-order chi connectivity index (χ1) is 7.77. The Labute approximate surface area is 94.6 Å². The summed E-state index contributed by atoms with van der Waals surface area (Å²) in [5.41, 5.74) is 2.39. The summed E-state index contributed by atoms with van der Waals surface area (Å²) in [7, 11) is 0. The van der Waals surface area contributed by atoms with Gasteiger partial charge in [-0.15, -0.1) is 13.0 Å². The fourth-order valence-corrected chi connectivity index (χ4v) is 1.84. The van der Waals surface area contributed by atoms with Gasteiger partial charge >= 0.3 is 0 Å². The summed E-state index contributed by atoms with van der Waals surface area (Å²) in [6, 6.07) is 7.76. The van der Waals surface area contributed by atoms with Gasteiger partial charge in [0.15, 0.2) is 0 Å². The van der Waals surface area contributed by atoms with Gasteiger partial charge in [-0.3, -0.25) is 0 Å². The van der Waals surface area contributed by atoms with E-state index in [1.165, 1.54) is 0 Å². The van der Waals surface area contributed by atoms with Gasteiger partial charge in [-0.25, -0.2) is 0 Å². The summed E-state index contributed by atoms with van der Waals surface area (Å²) in [4.78, 5) is 3.16. The van der Waals surface area contributed by atoms with Gasteiger partial charge in [-0.1, -0.05) is 30.2 Å². The van der Waals surface area contributed by atoms with Gasteiger partial charge in [-0.05, 0) is 12.5 Å². The fraction of sp³-hybridized carbons (Fsp3) is 0.143. The lowest BCUT2D eigenvalue weighted by atomic mass is 10.1. The summed E-state index contributed by atoms with van der Waals surface area (Å²) >= 11 is 0. The normalized spacial score (nSPS) is 12.2. The van der Waals surface area contributed by atoms with E-state index in [4.69, 9.17) is 6.42 Å². The zero-order valence-electron chi connectivity index (χ0n) is 8.90. The molecule has 0 amide bonds. The molecular formula is C14H13NO. The molecular weight excluding hydrogens is 198 g/mol. The minimum absolute atomic E-state index is 0.488. The summed E-state index contributed by atoms with van der Waals surface area (Å²) in [6.07, 6.45) is 7.04. The zero-order valence-corrected chi connectivity index (χ0v) is 8.90. The molecule has 16 heavy (non-hydrogen) atoms. The number of aliphatic hydroxyl groups excluding tert-OH is 1. The molecule has 0 saturated carbocycles. The van der Waals surface area contributed by atoms with E-state index in [0.717, 1.165) is 16.5 Å². The SMILES string of the molecule is C#Cc1c(C(O)CC=C)[nH]c2ccccc12. The lowest BCUT2D eigenvalue weighted by molar-refractivity contribution is 0.177. The largest absolute Gasteiger partial charge is 0.387 e. The van der Waals surface area contributed by atoms with Crippen molar-refractivity contribution in [3.8, 4) is 12.3 Å². The van der Waals surface area contributed by atoms with Crippen LogP contribution in [0.5, 0.6) is 0 Å². The van der Waals surface area contributed by atoms with Gasteiger partial charge in [0, 0.05) is 10.9 Å². The minimum Gasteiger partial charge on any atom is -0.387 e. The van der Waals surface area contributed by atoms with E-state index in [-0.39, 0.29) is 0 Å². The third-order valence-corrected chi connectivity index (χ3v) is 2.60. The highest BCUT2D eigenvalue weighted by atomic mass is 16.3. The van der Waals surface area contributed by atoms with Gasteiger partial charge in [0.05, 0.1) is 17.4 Å². The molecule has 0 bridgehead atoms. The van der Waals surface area contributed by atoms with Crippen molar-refractivity contribution >= 4 is 10.9 Å². The third kappa shape index (κ3) is 1.62. The van der Waals surface area contributed by atoms with Crippen molar-refractivity contribution in [3.63, 3.8) is 0 Å². The van der Waals surface area contributed by atoms with Crippen molar-refractivity contribution in [2.45, 2.75) is 12.5 Å². The molecule has 2 rings (SSSR count). The Morgan fingerprint density at radius 3 is 2.94 bits per heavy atom. The minimum atomic E-state index is -0.615. The molecule has 2 N–H and O–H groups in total. The Balaban J connectivity index is 2.61. The lowest BCUT2D eigenvalue weighted by Crippen LogP contribution is -1.98. The van der Waals surface area contributed by atoms with E-state index in [9.17, 15) is 5.11 Å². The second-order valence-electron chi connectivity index (χ2n) is 3.64. The number of benzene rings is 1. The molecule has 0 radical (unpaired) electrons. The molecule has 0 spiro atoms. The molecule has 2 heteroatoms. The Morgan fingerprint density at radius 1 is 1.50 bits per heavy atom. The zero-order chi connectivity index (χ0) is 11.5. The van der Waals surface area contributed by atoms with Crippen LogP contribution >= 0.6 is 0 Å². The average molecular weight is 211 g/mol. The predicted molar refractivity (Wildman–Crippen MR) is 66.0 cm³/mol. The first-order valence-electron chi connectivity index (χ1n) is 5.14. The number of terminal acetylenes is 1. The highest BCUT2D eigenvalue weighted by Gasteiger charge is 2.15. The average Bonchev–Trinajstić information content (AvgIpc) is 2.67. The molecule has 1 aromatic heterocycles. The molecule has 1 atom stereocenters. The van der Waals surface area contributed by atoms with Crippen LogP contribution in [0.4, 0.5) is 0 Å². The number of aromatic amines is 1. The van der Waals surface area contributed by atoms with Gasteiger partial charge in [0.1, 0.15) is 0 Å². The first-order valence-corrected chi connectivity index (χ1v) is 5.14. The number of aromatic nitrogens is 1. The highest BCUT2D eigenvalue weighted by Crippen LogP contribution is 2.27. The summed E-state index contributed by atoms with van der Waals surface area (Å²) in [5, 5.41) is 10.9. The quantitative estimate of drug-likeness (QED) is 0.594. The molecule has 0 saturated heterocycles. The van der Waals surface area contributed by atoms with Gasteiger partial charge in [0.25, 0.3) is 0 Å². The van der Waals surface area contributed by atoms with Crippen LogP contribution in [0.3, 0.4) is 0 Å². The van der Waals surface area contributed by atoms with Crippen molar-refractivity contribution in [3.05, 3.63) is 48.2 Å². The van der Waals surface area contributed by atoms with Crippen molar-refractivity contribution in [1.29, 1.82) is 0 Å². The molecule has 1 heterocycles. The monoisotopic (exact) mass is 211 g/mol. The van der Waals surface area contributed by atoms with Crippen LogP contribution in [0.2, 0.25) is 0 Å². The van der Waals surface area contributed by atoms with Crippen LogP contribution in [0.1, 0.15) is 23.8 Å². The van der Waals surface area contributed by atoms with E-state index < -0.39 is 6.10 Å². The van der Waals surface area contributed by atoms with Gasteiger partial charge < -0.3 is 10.1 Å². The topological polar surface area (TPSA) is 36.0 Å². The van der Waals surface area contributed by atoms with Crippen LogP contribution in [0.15, 0.2) is 36.9 Å². The molecule has 0 aliphatic carbocycles. The Kier molecular flexibility index (Phi) is 2.80. The molecule has 2 aromatic rings. The summed E-state index contributed by atoms with van der Waals surface area (Å²) in [6.45, 7) is 3.61. The molecule has 0 fully saturated rings. The van der Waals surface area contributed by atoms with E-state index in [2.05, 4.69) is 17.5 Å². The standard InChI is InChI=1S/C14H13NO/c1-3-7-13(16)14-10(4-2)11-8-5-6-9-12(11)15-14/h2-3,5-6,8-9,13,15-16H,1,7H2. The molecule has 2 nitrogen and oxygen atoms in total. The summed E-state index contributed by atoms with van der Waals surface area (Å²) in [5.74, 6) is 2.63. The Bertz CT molecular complexity index is 560. The van der Waals surface area contributed by atoms with Crippen LogP contribution in [0, 0.1) is 12.3 Å². The van der Waals surface area contributed by atoms with Crippen LogP contribution in [-0.4, -0.2) is 10.1 Å². The maximum atomic E-state index is 9.94. The van der Waals surface area contributed by atoms with E-state index >= 15 is 0 Å². The number of nitrogens with one attached hydrogen (secondary N) is 1. The predicted octanol–water partition coefficient (Wildman–Crippen LogP) is 2.76. The van der Waals surface area contributed by atoms with Crippen LogP contribution in [0.25, 0.3) is 10.9 Å². The maximum absolute atomic E-state index is 9.94. The maximum Gasteiger partial charge on any atom is 0.0984 e. The molecule has 0 aliphatic heterocycles. The van der Waals surface area contributed by atoms with Crippen molar-refractivity contribution in [2.75, 3.05) is 0 Å². The Hall–Kier alpha value is -1.98. The smallest absolute Gasteiger partial charge is 0.0984 e. The molecule has 1 aromatic carbocycles. The number of hydrogen-bond acceptors (Lipinski definition) is 1. The number of aliphatic hydroxyl groups is 1. The van der Waals surface area contributed by atoms with Crippen molar-refractivity contribution in [2.24, 2.45) is 0 Å². The number of rotatable bonds is 3. The molecule has 1 unspecified atom stereocenters. The molecule has 0 aliphatic rings. The molecule has 80 valence electrons. The number of fused-ring (bicyclic) bond motifs is 1. The fourth-order valence-electron chi connectivity index (χ4n) is 1.84. The number of para-hydroxylation sites is 1. The van der Waals surface area contributed by atoms with Crippen molar-refractivity contribution < 1.29 is 5.11 Å². The van der Waals surface area contributed by atoms with Crippen molar-refractivity contribution in [1.82, 2.24) is 4.98 Å². The second kappa shape index (κ2) is 4.26. The van der Waals surface area contributed by atoms with E-state index in [1.54, 1.807) is 6.08 Å². The first kappa shape index (κ1) is 10.5. The highest BCUT2D eigenvalue weighted by molar-refractivity contribution is 5.87. The number of H-pyrrole nitrogens is 1. The second-order valence-corrected chi connectivity index (χ2v) is 3.64.